The summed E-state index contributed by atoms with van der Waals surface area (Å²) in [6, 6.07) is 16.6. The minimum absolute atomic E-state index is 0.116. The zero-order chi connectivity index (χ0) is 18.5. The molecule has 0 saturated carbocycles. The van der Waals surface area contributed by atoms with Gasteiger partial charge in [-0.15, -0.1) is 0 Å². The Labute approximate surface area is 156 Å². The molecule has 1 N–H and O–H groups in total. The molecule has 1 aliphatic heterocycles. The summed E-state index contributed by atoms with van der Waals surface area (Å²) in [5.74, 6) is 0.399. The van der Waals surface area contributed by atoms with E-state index in [1.54, 1.807) is 0 Å². The molecule has 1 heterocycles. The van der Waals surface area contributed by atoms with Gasteiger partial charge in [-0.1, -0.05) is 44.2 Å². The smallest absolute Gasteiger partial charge is 0.206 e. The number of para-hydroxylation sites is 1. The molecule has 0 unspecified atom stereocenters. The fourth-order valence-electron chi connectivity index (χ4n) is 3.44. The van der Waals surface area contributed by atoms with Gasteiger partial charge in [-0.05, 0) is 29.7 Å². The van der Waals surface area contributed by atoms with E-state index in [9.17, 15) is 4.79 Å². The second-order valence-corrected chi connectivity index (χ2v) is 7.25. The number of piperazine rings is 1. The Balaban J connectivity index is 1.72. The molecular weight excluding hydrogens is 322 g/mol. The van der Waals surface area contributed by atoms with Crippen molar-refractivity contribution in [3.63, 3.8) is 0 Å². The first kappa shape index (κ1) is 18.5. The van der Waals surface area contributed by atoms with Crippen LogP contribution in [0.25, 0.3) is 0 Å². The maximum absolute atomic E-state index is 12.8. The Morgan fingerprint density at radius 3 is 2.31 bits per heavy atom. The average molecular weight is 351 g/mol. The van der Waals surface area contributed by atoms with E-state index in [-0.39, 0.29) is 5.43 Å². The van der Waals surface area contributed by atoms with Crippen molar-refractivity contribution in [3.05, 3.63) is 69.9 Å². The van der Waals surface area contributed by atoms with Crippen LogP contribution >= 0.6 is 0 Å². The maximum atomic E-state index is 12.8. The van der Waals surface area contributed by atoms with E-state index in [1.165, 1.54) is 11.3 Å². The summed E-state index contributed by atoms with van der Waals surface area (Å²) in [7, 11) is 1.82. The van der Waals surface area contributed by atoms with Gasteiger partial charge in [0.2, 0.25) is 5.43 Å². The third-order valence-corrected chi connectivity index (χ3v) is 5.15. The van der Waals surface area contributed by atoms with Crippen LogP contribution in [-0.4, -0.2) is 38.1 Å². The predicted molar refractivity (Wildman–Crippen MR) is 110 cm³/mol. The lowest BCUT2D eigenvalue weighted by molar-refractivity contribution is 0.249. The van der Waals surface area contributed by atoms with Gasteiger partial charge in [0.15, 0.2) is 0 Å². The van der Waals surface area contributed by atoms with Gasteiger partial charge in [0.1, 0.15) is 0 Å². The molecule has 0 amide bonds. The highest BCUT2D eigenvalue weighted by Gasteiger charge is 2.18. The van der Waals surface area contributed by atoms with Crippen LogP contribution in [0.2, 0.25) is 0 Å². The minimum atomic E-state index is 0.116. The molecular formula is C22H29N3O. The molecule has 2 aromatic rings. The molecule has 1 aliphatic rings. The monoisotopic (exact) mass is 351 g/mol. The van der Waals surface area contributed by atoms with E-state index >= 15 is 0 Å². The topological polar surface area (TPSA) is 35.6 Å². The minimum Gasteiger partial charge on any atom is -0.385 e. The van der Waals surface area contributed by atoms with Crippen molar-refractivity contribution in [2.75, 3.05) is 43.4 Å². The fourth-order valence-corrected chi connectivity index (χ4v) is 3.44. The molecule has 0 atom stereocenters. The number of benzene rings is 1. The number of anilines is 2. The standard InChI is InChI=1S/C22H29N3O/c1-17(2)18-9-10-19(22(26)21(15-18)23-3)16-24-11-13-25(14-12-24)20-7-5-4-6-8-20/h4-10,15,17H,11-14,16H2,1-3H3,(H,23,26). The van der Waals surface area contributed by atoms with E-state index in [0.717, 1.165) is 31.7 Å². The SMILES string of the molecule is CNc1cc(C(C)C)ccc(CN2CCN(c3ccccc3)CC2)c1=O. The summed E-state index contributed by atoms with van der Waals surface area (Å²) in [6.07, 6.45) is 0. The Morgan fingerprint density at radius 2 is 1.69 bits per heavy atom. The zero-order valence-corrected chi connectivity index (χ0v) is 16.0. The van der Waals surface area contributed by atoms with Gasteiger partial charge in [0, 0.05) is 51.0 Å². The molecule has 1 saturated heterocycles. The van der Waals surface area contributed by atoms with Crippen LogP contribution in [0.4, 0.5) is 11.4 Å². The fraction of sp³-hybridized carbons (Fsp3) is 0.409. The summed E-state index contributed by atoms with van der Waals surface area (Å²) < 4.78 is 0. The zero-order valence-electron chi connectivity index (χ0n) is 16.0. The quantitative estimate of drug-likeness (QED) is 0.894. The Hall–Kier alpha value is -2.33. The highest BCUT2D eigenvalue weighted by atomic mass is 16.1. The molecule has 0 spiro atoms. The molecule has 0 aliphatic carbocycles. The molecule has 26 heavy (non-hydrogen) atoms. The number of hydrogen-bond acceptors (Lipinski definition) is 4. The largest absolute Gasteiger partial charge is 0.385 e. The number of rotatable bonds is 5. The van der Waals surface area contributed by atoms with E-state index in [2.05, 4.69) is 65.4 Å². The van der Waals surface area contributed by atoms with Gasteiger partial charge < -0.3 is 10.2 Å². The van der Waals surface area contributed by atoms with Crippen LogP contribution in [0.5, 0.6) is 0 Å². The molecule has 0 aromatic heterocycles. The van der Waals surface area contributed by atoms with Crippen LogP contribution in [0.1, 0.15) is 30.9 Å². The molecule has 3 rings (SSSR count). The van der Waals surface area contributed by atoms with Crippen molar-refractivity contribution in [1.82, 2.24) is 4.90 Å². The van der Waals surface area contributed by atoms with Gasteiger partial charge in [-0.25, -0.2) is 0 Å². The van der Waals surface area contributed by atoms with Crippen molar-refractivity contribution in [3.8, 4) is 0 Å². The highest BCUT2D eigenvalue weighted by Crippen LogP contribution is 2.18. The van der Waals surface area contributed by atoms with Crippen molar-refractivity contribution >= 4 is 11.4 Å². The summed E-state index contributed by atoms with van der Waals surface area (Å²) in [4.78, 5) is 17.6. The van der Waals surface area contributed by atoms with Crippen LogP contribution < -0.4 is 15.6 Å². The first-order chi connectivity index (χ1) is 12.6. The van der Waals surface area contributed by atoms with Crippen molar-refractivity contribution < 1.29 is 0 Å². The lowest BCUT2D eigenvalue weighted by Crippen LogP contribution is -2.46. The molecule has 1 fully saturated rings. The molecule has 138 valence electrons. The summed E-state index contributed by atoms with van der Waals surface area (Å²) in [5.41, 5.74) is 4.14. The van der Waals surface area contributed by atoms with Crippen LogP contribution in [0, 0.1) is 0 Å². The van der Waals surface area contributed by atoms with Crippen LogP contribution in [-0.2, 0) is 6.54 Å². The molecule has 4 heteroatoms. The third kappa shape index (κ3) is 4.25. The predicted octanol–water partition coefficient (Wildman–Crippen LogP) is 3.53. The summed E-state index contributed by atoms with van der Waals surface area (Å²) in [5, 5.41) is 3.08. The van der Waals surface area contributed by atoms with Crippen LogP contribution in [0.3, 0.4) is 0 Å². The number of hydrogen-bond donors (Lipinski definition) is 1. The maximum Gasteiger partial charge on any atom is 0.206 e. The Morgan fingerprint density at radius 1 is 1.00 bits per heavy atom. The van der Waals surface area contributed by atoms with E-state index in [0.29, 0.717) is 18.2 Å². The second-order valence-electron chi connectivity index (χ2n) is 7.25. The van der Waals surface area contributed by atoms with E-state index in [4.69, 9.17) is 0 Å². The number of nitrogens with zero attached hydrogens (tertiary/aromatic N) is 2. The van der Waals surface area contributed by atoms with Gasteiger partial charge in [-0.3, -0.25) is 9.69 Å². The average Bonchev–Trinajstić information content (AvgIpc) is 2.82. The second kappa shape index (κ2) is 8.37. The lowest BCUT2D eigenvalue weighted by Gasteiger charge is -2.36. The van der Waals surface area contributed by atoms with E-state index < -0.39 is 0 Å². The Kier molecular flexibility index (Phi) is 5.94. The van der Waals surface area contributed by atoms with Crippen molar-refractivity contribution in [2.24, 2.45) is 0 Å². The molecule has 4 nitrogen and oxygen atoms in total. The van der Waals surface area contributed by atoms with Gasteiger partial charge in [0.05, 0.1) is 5.69 Å². The molecule has 0 radical (unpaired) electrons. The van der Waals surface area contributed by atoms with Crippen molar-refractivity contribution in [1.29, 1.82) is 0 Å². The third-order valence-electron chi connectivity index (χ3n) is 5.15. The van der Waals surface area contributed by atoms with Gasteiger partial charge >= 0.3 is 0 Å². The summed E-state index contributed by atoms with van der Waals surface area (Å²) in [6.45, 7) is 8.95. The number of nitrogens with one attached hydrogen (secondary N) is 1. The highest BCUT2D eigenvalue weighted by molar-refractivity contribution is 5.48. The van der Waals surface area contributed by atoms with E-state index in [1.807, 2.05) is 19.2 Å². The normalized spacial score (nSPS) is 15.3. The lowest BCUT2D eigenvalue weighted by atomic mass is 10.1. The first-order valence-corrected chi connectivity index (χ1v) is 9.45. The Bertz CT molecular complexity index is 781. The molecule has 0 bridgehead atoms. The van der Waals surface area contributed by atoms with Crippen molar-refractivity contribution in [2.45, 2.75) is 26.3 Å². The van der Waals surface area contributed by atoms with Gasteiger partial charge in [0.25, 0.3) is 0 Å². The first-order valence-electron chi connectivity index (χ1n) is 9.45. The molecule has 2 aromatic carbocycles. The summed E-state index contributed by atoms with van der Waals surface area (Å²) >= 11 is 0. The van der Waals surface area contributed by atoms with Crippen LogP contribution in [0.15, 0.2) is 53.3 Å². The van der Waals surface area contributed by atoms with Gasteiger partial charge in [-0.2, -0.15) is 0 Å².